The molecule has 0 aliphatic carbocycles. The lowest BCUT2D eigenvalue weighted by Gasteiger charge is -2.44. The van der Waals surface area contributed by atoms with Crippen LogP contribution in [0.5, 0.6) is 0 Å². The first-order valence-corrected chi connectivity index (χ1v) is 7.49. The average Bonchev–Trinajstić information content (AvgIpc) is 2.55. The van der Waals surface area contributed by atoms with Crippen LogP contribution in [0.15, 0.2) is 0 Å². The highest BCUT2D eigenvalue weighted by molar-refractivity contribution is 5.99. The largest absolute Gasteiger partial charge is 0.469 e. The molecule has 0 aromatic rings. The molecule has 2 fully saturated rings. The maximum Gasteiger partial charge on any atom is 0.328 e. The van der Waals surface area contributed by atoms with Crippen LogP contribution in [0.25, 0.3) is 0 Å². The van der Waals surface area contributed by atoms with Crippen LogP contribution in [0.4, 0.5) is 0 Å². The van der Waals surface area contributed by atoms with Crippen molar-refractivity contribution in [3.63, 3.8) is 0 Å². The Morgan fingerprint density at radius 2 is 1.91 bits per heavy atom. The molecule has 2 saturated heterocycles. The fourth-order valence-corrected chi connectivity index (χ4v) is 3.29. The number of nitrogens with zero attached hydrogens (tertiary/aromatic N) is 1. The van der Waals surface area contributed by atoms with Crippen LogP contribution >= 0.6 is 0 Å². The quantitative estimate of drug-likeness (QED) is 0.700. The van der Waals surface area contributed by atoms with E-state index in [9.17, 15) is 19.2 Å². The van der Waals surface area contributed by atoms with Crippen LogP contribution in [-0.2, 0) is 28.7 Å². The Hall–Kier alpha value is -1.92. The number of rotatable bonds is 4. The molecular weight excluding hydrogens is 290 g/mol. The third kappa shape index (κ3) is 3.13. The van der Waals surface area contributed by atoms with E-state index in [4.69, 9.17) is 4.74 Å². The van der Waals surface area contributed by atoms with Crippen LogP contribution in [0, 0.1) is 5.92 Å². The zero-order chi connectivity index (χ0) is 16.3. The van der Waals surface area contributed by atoms with Crippen LogP contribution < -0.4 is 0 Å². The van der Waals surface area contributed by atoms with Gasteiger partial charge in [0, 0.05) is 18.8 Å². The molecule has 0 bridgehead atoms. The lowest BCUT2D eigenvalue weighted by Crippen LogP contribution is -2.61. The summed E-state index contributed by atoms with van der Waals surface area (Å²) < 4.78 is 9.32. The number of ketones is 1. The molecule has 0 aromatic heterocycles. The molecule has 22 heavy (non-hydrogen) atoms. The van der Waals surface area contributed by atoms with Gasteiger partial charge in [0.05, 0.1) is 20.3 Å². The van der Waals surface area contributed by atoms with Crippen molar-refractivity contribution < 1.29 is 28.7 Å². The summed E-state index contributed by atoms with van der Waals surface area (Å²) in [6, 6.07) is -1.22. The normalized spacial score (nSPS) is 28.1. The molecule has 0 saturated carbocycles. The third-order valence-corrected chi connectivity index (χ3v) is 4.45. The maximum atomic E-state index is 12.7. The zero-order valence-corrected chi connectivity index (χ0v) is 12.9. The third-order valence-electron chi connectivity index (χ3n) is 4.45. The first kappa shape index (κ1) is 16.5. The highest BCUT2D eigenvalue weighted by atomic mass is 16.5. The number of amides is 1. The number of piperidine rings is 2. The minimum atomic E-state index is -0.693. The summed E-state index contributed by atoms with van der Waals surface area (Å²) in [5.41, 5.74) is 0. The van der Waals surface area contributed by atoms with E-state index in [1.165, 1.54) is 19.1 Å². The van der Waals surface area contributed by atoms with Gasteiger partial charge in [-0.1, -0.05) is 0 Å². The lowest BCUT2D eigenvalue weighted by atomic mass is 9.81. The topological polar surface area (TPSA) is 90.0 Å². The zero-order valence-electron chi connectivity index (χ0n) is 12.9. The second kappa shape index (κ2) is 6.89. The van der Waals surface area contributed by atoms with E-state index < -0.39 is 29.9 Å². The molecule has 122 valence electrons. The Bertz CT molecular complexity index is 488. The van der Waals surface area contributed by atoms with Crippen molar-refractivity contribution in [3.8, 4) is 0 Å². The van der Waals surface area contributed by atoms with Crippen molar-refractivity contribution in [2.24, 2.45) is 5.92 Å². The summed E-state index contributed by atoms with van der Waals surface area (Å²) in [7, 11) is 2.56. The van der Waals surface area contributed by atoms with E-state index in [-0.39, 0.29) is 31.0 Å². The molecule has 7 nitrogen and oxygen atoms in total. The highest BCUT2D eigenvalue weighted by Crippen LogP contribution is 2.33. The van der Waals surface area contributed by atoms with Crippen LogP contribution in [-0.4, -0.2) is 54.8 Å². The molecule has 0 N–H and O–H groups in total. The molecule has 0 radical (unpaired) electrons. The second-order valence-electron chi connectivity index (χ2n) is 5.71. The van der Waals surface area contributed by atoms with Gasteiger partial charge in [-0.15, -0.1) is 0 Å². The molecule has 1 amide bonds. The van der Waals surface area contributed by atoms with Crippen molar-refractivity contribution in [2.75, 3.05) is 14.2 Å². The molecule has 7 heteroatoms. The first-order valence-electron chi connectivity index (χ1n) is 7.49. The fraction of sp³-hybridized carbons (Fsp3) is 0.733. The second-order valence-corrected chi connectivity index (χ2v) is 5.71. The predicted octanol–water partition coefficient (Wildman–Crippen LogP) is 0.451. The van der Waals surface area contributed by atoms with Gasteiger partial charge in [0.1, 0.15) is 6.04 Å². The van der Waals surface area contributed by atoms with Gasteiger partial charge in [-0.2, -0.15) is 0 Å². The van der Waals surface area contributed by atoms with Gasteiger partial charge in [0.15, 0.2) is 5.78 Å². The fourth-order valence-electron chi connectivity index (χ4n) is 3.29. The Labute approximate surface area is 128 Å². The molecule has 0 aromatic carbocycles. The van der Waals surface area contributed by atoms with E-state index >= 15 is 0 Å². The summed E-state index contributed by atoms with van der Waals surface area (Å²) >= 11 is 0. The summed E-state index contributed by atoms with van der Waals surface area (Å²) in [5, 5.41) is 0. The minimum Gasteiger partial charge on any atom is -0.469 e. The maximum absolute atomic E-state index is 12.7. The number of Topliss-reactive ketones (excluding diaryl/α,β-unsaturated/α-hetero) is 1. The monoisotopic (exact) mass is 311 g/mol. The Morgan fingerprint density at radius 1 is 1.18 bits per heavy atom. The highest BCUT2D eigenvalue weighted by Gasteiger charge is 2.47. The Kier molecular flexibility index (Phi) is 5.15. The molecule has 3 unspecified atom stereocenters. The van der Waals surface area contributed by atoms with Crippen LogP contribution in [0.1, 0.15) is 38.5 Å². The number of fused-ring (bicyclic) bond motifs is 1. The summed E-state index contributed by atoms with van der Waals surface area (Å²) in [6.07, 6.45) is 2.28. The lowest BCUT2D eigenvalue weighted by molar-refractivity contribution is -0.166. The smallest absolute Gasteiger partial charge is 0.328 e. The van der Waals surface area contributed by atoms with Gasteiger partial charge >= 0.3 is 11.9 Å². The molecule has 2 aliphatic heterocycles. The number of hydrogen-bond acceptors (Lipinski definition) is 6. The number of hydrogen-bond donors (Lipinski definition) is 0. The summed E-state index contributed by atoms with van der Waals surface area (Å²) in [6.45, 7) is 0. The predicted molar refractivity (Wildman–Crippen MR) is 74.7 cm³/mol. The molecule has 0 spiro atoms. The molecule has 2 aliphatic rings. The standard InChI is InChI=1S/C15H21NO6/c1-21-13(18)7-6-9-8-12(17)10-4-3-5-11(15(20)22-2)16(10)14(9)19/h9-11H,3-8H2,1-2H3. The van der Waals surface area contributed by atoms with Crippen LogP contribution in [0.2, 0.25) is 0 Å². The Morgan fingerprint density at radius 3 is 2.55 bits per heavy atom. The van der Waals surface area contributed by atoms with Gasteiger partial charge in [-0.25, -0.2) is 4.79 Å². The van der Waals surface area contributed by atoms with Gasteiger partial charge in [-0.3, -0.25) is 14.4 Å². The van der Waals surface area contributed by atoms with Crippen molar-refractivity contribution >= 4 is 23.6 Å². The molecular formula is C15H21NO6. The average molecular weight is 311 g/mol. The van der Waals surface area contributed by atoms with Crippen molar-refractivity contribution in [1.82, 2.24) is 4.90 Å². The SMILES string of the molecule is COC(=O)CCC1CC(=O)C2CCCC(C(=O)OC)N2C1=O. The number of carbonyl (C=O) groups excluding carboxylic acids is 4. The first-order chi connectivity index (χ1) is 10.5. The van der Waals surface area contributed by atoms with Crippen molar-refractivity contribution in [2.45, 2.75) is 50.6 Å². The van der Waals surface area contributed by atoms with E-state index in [2.05, 4.69) is 4.74 Å². The van der Waals surface area contributed by atoms with Crippen LogP contribution in [0.3, 0.4) is 0 Å². The van der Waals surface area contributed by atoms with Gasteiger partial charge in [-0.05, 0) is 25.7 Å². The number of carbonyl (C=O) groups is 4. The van der Waals surface area contributed by atoms with Crippen molar-refractivity contribution in [3.05, 3.63) is 0 Å². The summed E-state index contributed by atoms with van der Waals surface area (Å²) in [4.78, 5) is 49.5. The van der Waals surface area contributed by atoms with Gasteiger partial charge < -0.3 is 14.4 Å². The van der Waals surface area contributed by atoms with E-state index in [0.717, 1.165) is 0 Å². The van der Waals surface area contributed by atoms with E-state index in [1.54, 1.807) is 0 Å². The van der Waals surface area contributed by atoms with E-state index in [1.807, 2.05) is 0 Å². The van der Waals surface area contributed by atoms with Gasteiger partial charge in [0.2, 0.25) is 5.91 Å². The minimum absolute atomic E-state index is 0.0388. The van der Waals surface area contributed by atoms with Gasteiger partial charge in [0.25, 0.3) is 0 Å². The molecule has 2 heterocycles. The Balaban J connectivity index is 2.15. The van der Waals surface area contributed by atoms with Crippen molar-refractivity contribution in [1.29, 1.82) is 0 Å². The molecule has 3 atom stereocenters. The number of ether oxygens (including phenoxy) is 2. The number of methoxy groups -OCH3 is 2. The summed E-state index contributed by atoms with van der Waals surface area (Å²) in [5.74, 6) is -1.73. The molecule has 2 rings (SSSR count). The number of esters is 2. The van der Waals surface area contributed by atoms with E-state index in [0.29, 0.717) is 19.3 Å².